The average molecular weight is 407 g/mol. The van der Waals surface area contributed by atoms with Crippen LogP contribution in [0.2, 0.25) is 5.02 Å². The molecule has 0 aromatic heterocycles. The van der Waals surface area contributed by atoms with Gasteiger partial charge in [0.05, 0.1) is 16.9 Å². The van der Waals surface area contributed by atoms with E-state index >= 15 is 0 Å². The van der Waals surface area contributed by atoms with E-state index in [4.69, 9.17) is 11.6 Å². The molecule has 0 atom stereocenters. The van der Waals surface area contributed by atoms with Crippen molar-refractivity contribution in [2.24, 2.45) is 5.41 Å². The number of hydrogen-bond acceptors (Lipinski definition) is 4. The van der Waals surface area contributed by atoms with E-state index in [1.807, 2.05) is 6.92 Å². The van der Waals surface area contributed by atoms with Crippen LogP contribution in [0, 0.1) is 12.3 Å². The molecule has 1 heterocycles. The zero-order chi connectivity index (χ0) is 20.0. The van der Waals surface area contributed by atoms with E-state index in [9.17, 15) is 18.0 Å². The zero-order valence-corrected chi connectivity index (χ0v) is 16.7. The first-order valence-corrected chi connectivity index (χ1v) is 10.2. The Morgan fingerprint density at radius 3 is 2.30 bits per heavy atom. The maximum absolute atomic E-state index is 12.4. The maximum Gasteiger partial charge on any atom is 0.255 e. The molecule has 1 N–H and O–H groups in total. The molecule has 0 unspecified atom stereocenters. The maximum atomic E-state index is 12.4. The lowest BCUT2D eigenvalue weighted by Crippen LogP contribution is -2.32. The van der Waals surface area contributed by atoms with E-state index in [2.05, 4.69) is 5.32 Å². The average Bonchev–Trinajstić information content (AvgIpc) is 2.73. The highest BCUT2D eigenvalue weighted by Gasteiger charge is 2.49. The SMILES string of the molecule is Cc1cc(Cl)ccc1NC(=O)c1ccc(N2C(=O)C(C)(C)CS2(=O)=O)cc1. The molecule has 1 aliphatic heterocycles. The summed E-state index contributed by atoms with van der Waals surface area (Å²) < 4.78 is 25.5. The van der Waals surface area contributed by atoms with E-state index in [0.29, 0.717) is 16.3 Å². The number of benzene rings is 2. The standard InChI is InChI=1S/C19H19ClN2O4S/c1-12-10-14(20)6-9-16(12)21-17(23)13-4-7-15(8-5-13)22-18(24)19(2,3)11-27(22,25)26/h4-10H,11H2,1-3H3,(H,21,23). The van der Waals surface area contributed by atoms with Gasteiger partial charge in [-0.2, -0.15) is 0 Å². The van der Waals surface area contributed by atoms with Gasteiger partial charge in [0.2, 0.25) is 15.9 Å². The van der Waals surface area contributed by atoms with Gasteiger partial charge >= 0.3 is 0 Å². The number of rotatable bonds is 3. The number of aryl methyl sites for hydroxylation is 1. The van der Waals surface area contributed by atoms with Gasteiger partial charge in [-0.3, -0.25) is 9.59 Å². The number of amides is 2. The van der Waals surface area contributed by atoms with E-state index < -0.39 is 21.3 Å². The van der Waals surface area contributed by atoms with Crippen LogP contribution in [0.4, 0.5) is 11.4 Å². The van der Waals surface area contributed by atoms with Crippen LogP contribution in [0.25, 0.3) is 0 Å². The fraction of sp³-hybridized carbons (Fsp3) is 0.263. The molecule has 0 radical (unpaired) electrons. The lowest BCUT2D eigenvalue weighted by Gasteiger charge is -2.17. The van der Waals surface area contributed by atoms with Crippen LogP contribution in [0.15, 0.2) is 42.5 Å². The van der Waals surface area contributed by atoms with E-state index in [1.54, 1.807) is 32.0 Å². The van der Waals surface area contributed by atoms with Crippen LogP contribution >= 0.6 is 11.6 Å². The van der Waals surface area contributed by atoms with Crippen LogP contribution in [-0.2, 0) is 14.8 Å². The van der Waals surface area contributed by atoms with Crippen molar-refractivity contribution in [3.63, 3.8) is 0 Å². The van der Waals surface area contributed by atoms with Gasteiger partial charge in [-0.25, -0.2) is 12.7 Å². The van der Waals surface area contributed by atoms with Crippen molar-refractivity contribution in [2.75, 3.05) is 15.4 Å². The zero-order valence-electron chi connectivity index (χ0n) is 15.1. The molecule has 2 aromatic rings. The third kappa shape index (κ3) is 3.70. The van der Waals surface area contributed by atoms with Crippen LogP contribution in [-0.4, -0.2) is 26.0 Å². The summed E-state index contributed by atoms with van der Waals surface area (Å²) >= 11 is 5.91. The number of sulfonamides is 1. The number of anilines is 2. The second-order valence-electron chi connectivity index (χ2n) is 7.17. The van der Waals surface area contributed by atoms with E-state index in [0.717, 1.165) is 9.87 Å². The first-order chi connectivity index (χ1) is 12.5. The second kappa shape index (κ2) is 6.65. The minimum atomic E-state index is -3.72. The highest BCUT2D eigenvalue weighted by molar-refractivity contribution is 7.94. The summed E-state index contributed by atoms with van der Waals surface area (Å²) in [6.07, 6.45) is 0. The molecular weight excluding hydrogens is 388 g/mol. The lowest BCUT2D eigenvalue weighted by molar-refractivity contribution is -0.123. The highest BCUT2D eigenvalue weighted by atomic mass is 35.5. The molecule has 27 heavy (non-hydrogen) atoms. The molecule has 0 bridgehead atoms. The topological polar surface area (TPSA) is 83.6 Å². The van der Waals surface area contributed by atoms with Crippen molar-refractivity contribution in [3.05, 3.63) is 58.6 Å². The third-order valence-electron chi connectivity index (χ3n) is 4.39. The predicted molar refractivity (Wildman–Crippen MR) is 106 cm³/mol. The monoisotopic (exact) mass is 406 g/mol. The fourth-order valence-electron chi connectivity index (χ4n) is 2.97. The molecule has 0 saturated carbocycles. The molecule has 2 amide bonds. The molecular formula is C19H19ClN2O4S. The van der Waals surface area contributed by atoms with Gasteiger partial charge in [-0.1, -0.05) is 11.6 Å². The quantitative estimate of drug-likeness (QED) is 0.844. The van der Waals surface area contributed by atoms with Gasteiger partial charge in [0, 0.05) is 16.3 Å². The van der Waals surface area contributed by atoms with Crippen molar-refractivity contribution in [2.45, 2.75) is 20.8 Å². The minimum absolute atomic E-state index is 0.227. The summed E-state index contributed by atoms with van der Waals surface area (Å²) in [5.74, 6) is -1.06. The van der Waals surface area contributed by atoms with Gasteiger partial charge in [0.1, 0.15) is 0 Å². The van der Waals surface area contributed by atoms with Gasteiger partial charge in [-0.15, -0.1) is 0 Å². The fourth-order valence-corrected chi connectivity index (χ4v) is 5.31. The van der Waals surface area contributed by atoms with Crippen LogP contribution in [0.3, 0.4) is 0 Å². The smallest absolute Gasteiger partial charge is 0.255 e. The minimum Gasteiger partial charge on any atom is -0.322 e. The number of nitrogens with one attached hydrogen (secondary N) is 1. The summed E-state index contributed by atoms with van der Waals surface area (Å²) in [4.78, 5) is 24.9. The Balaban J connectivity index is 1.83. The first kappa shape index (κ1) is 19.4. The molecule has 142 valence electrons. The summed E-state index contributed by atoms with van der Waals surface area (Å²) in [5, 5.41) is 3.36. The molecule has 1 aliphatic rings. The van der Waals surface area contributed by atoms with Gasteiger partial charge in [-0.05, 0) is 68.8 Å². The van der Waals surface area contributed by atoms with Crippen molar-refractivity contribution in [1.29, 1.82) is 0 Å². The molecule has 2 aromatic carbocycles. The molecule has 6 nitrogen and oxygen atoms in total. The molecule has 8 heteroatoms. The van der Waals surface area contributed by atoms with Gasteiger partial charge < -0.3 is 5.32 Å². The number of carbonyl (C=O) groups excluding carboxylic acids is 2. The number of hydrogen-bond donors (Lipinski definition) is 1. The molecule has 1 saturated heterocycles. The van der Waals surface area contributed by atoms with E-state index in [-0.39, 0.29) is 17.3 Å². The largest absolute Gasteiger partial charge is 0.322 e. The summed E-state index contributed by atoms with van der Waals surface area (Å²) in [7, 11) is -3.72. The van der Waals surface area contributed by atoms with Gasteiger partial charge in [0.15, 0.2) is 0 Å². The normalized spacial score (nSPS) is 17.8. The number of nitrogens with zero attached hydrogens (tertiary/aromatic N) is 1. The molecule has 0 aliphatic carbocycles. The summed E-state index contributed by atoms with van der Waals surface area (Å²) in [5.41, 5.74) is 1.05. The Bertz CT molecular complexity index is 1030. The number of halogens is 1. The Kier molecular flexibility index (Phi) is 4.78. The van der Waals surface area contributed by atoms with Crippen LogP contribution in [0.5, 0.6) is 0 Å². The van der Waals surface area contributed by atoms with Crippen molar-refractivity contribution >= 4 is 44.8 Å². The third-order valence-corrected chi connectivity index (χ3v) is 6.64. The van der Waals surface area contributed by atoms with Crippen molar-refractivity contribution in [3.8, 4) is 0 Å². The number of carbonyl (C=O) groups is 2. The van der Waals surface area contributed by atoms with Crippen LogP contribution in [0.1, 0.15) is 29.8 Å². The Hall–Kier alpha value is -2.38. The van der Waals surface area contributed by atoms with Crippen molar-refractivity contribution in [1.82, 2.24) is 0 Å². The summed E-state index contributed by atoms with van der Waals surface area (Å²) in [6, 6.07) is 11.0. The Morgan fingerprint density at radius 1 is 1.15 bits per heavy atom. The molecule has 3 rings (SSSR count). The lowest BCUT2D eigenvalue weighted by atomic mass is 9.95. The highest BCUT2D eigenvalue weighted by Crippen LogP contribution is 2.35. The Morgan fingerprint density at radius 2 is 1.78 bits per heavy atom. The van der Waals surface area contributed by atoms with Crippen molar-refractivity contribution < 1.29 is 18.0 Å². The van der Waals surface area contributed by atoms with Crippen LogP contribution < -0.4 is 9.62 Å². The second-order valence-corrected chi connectivity index (χ2v) is 9.42. The summed E-state index contributed by atoms with van der Waals surface area (Å²) in [6.45, 7) is 5.03. The predicted octanol–water partition coefficient (Wildman–Crippen LogP) is 3.60. The first-order valence-electron chi connectivity index (χ1n) is 8.26. The molecule has 1 fully saturated rings. The molecule has 0 spiro atoms. The van der Waals surface area contributed by atoms with E-state index in [1.165, 1.54) is 24.3 Å². The van der Waals surface area contributed by atoms with Gasteiger partial charge in [0.25, 0.3) is 5.91 Å². The Labute approximate surface area is 163 Å².